The molecule has 1 atom stereocenters. The number of methoxy groups -OCH3 is 1. The van der Waals surface area contributed by atoms with Crippen molar-refractivity contribution in [2.45, 2.75) is 19.4 Å². The Balaban J connectivity index is 1.64. The summed E-state index contributed by atoms with van der Waals surface area (Å²) < 4.78 is 6.31. The number of aromatic amines is 1. The Hall–Kier alpha value is -2.57. The van der Waals surface area contributed by atoms with Crippen LogP contribution in [0.3, 0.4) is 0 Å². The zero-order chi connectivity index (χ0) is 19.4. The predicted octanol–water partition coefficient (Wildman–Crippen LogP) is 5.02. The summed E-state index contributed by atoms with van der Waals surface area (Å²) in [6, 6.07) is 11.9. The molecule has 0 amide bonds. The van der Waals surface area contributed by atoms with Gasteiger partial charge in [0, 0.05) is 28.2 Å². The normalized spacial score (nSPS) is 16.5. The van der Waals surface area contributed by atoms with Crippen molar-refractivity contribution < 1.29 is 9.53 Å². The first-order valence-corrected chi connectivity index (χ1v) is 10.2. The average molecular weight is 412 g/mol. The second kappa shape index (κ2) is 6.50. The van der Waals surface area contributed by atoms with Crippen LogP contribution >= 0.6 is 22.9 Å². The third kappa shape index (κ3) is 2.67. The van der Waals surface area contributed by atoms with Crippen LogP contribution in [0.2, 0.25) is 5.02 Å². The molecule has 1 N–H and O–H groups in total. The highest BCUT2D eigenvalue weighted by molar-refractivity contribution is 7.22. The van der Waals surface area contributed by atoms with Crippen LogP contribution in [0.15, 0.2) is 36.4 Å². The Morgan fingerprint density at radius 1 is 1.36 bits per heavy atom. The van der Waals surface area contributed by atoms with Crippen molar-refractivity contribution >= 4 is 55.2 Å². The Morgan fingerprint density at radius 3 is 3.00 bits per heavy atom. The number of aromatic nitrogens is 2. The van der Waals surface area contributed by atoms with Gasteiger partial charge in [0.2, 0.25) is 0 Å². The van der Waals surface area contributed by atoms with E-state index in [1.165, 1.54) is 17.4 Å². The molecule has 3 heterocycles. The number of fused-ring (bicyclic) bond motifs is 4. The van der Waals surface area contributed by atoms with Crippen LogP contribution in [0.4, 0.5) is 5.13 Å². The number of thiazole rings is 1. The number of hydrogen-bond acceptors (Lipinski definition) is 5. The van der Waals surface area contributed by atoms with E-state index in [0.29, 0.717) is 18.1 Å². The van der Waals surface area contributed by atoms with Gasteiger partial charge in [0.1, 0.15) is 5.92 Å². The van der Waals surface area contributed by atoms with Gasteiger partial charge in [-0.15, -0.1) is 0 Å². The molecule has 1 aliphatic heterocycles. The van der Waals surface area contributed by atoms with E-state index in [9.17, 15) is 4.79 Å². The molecule has 0 bridgehead atoms. The van der Waals surface area contributed by atoms with Crippen molar-refractivity contribution in [3.05, 3.63) is 58.2 Å². The SMILES string of the molecule is COC(=O)C1CN(c2nc3cccc(C)c3s2)Cc2[nH]c3ccc(Cl)cc3c21. The number of nitrogens with one attached hydrogen (secondary N) is 1. The van der Waals surface area contributed by atoms with E-state index >= 15 is 0 Å². The molecule has 0 aliphatic carbocycles. The fourth-order valence-electron chi connectivity index (χ4n) is 4.02. The third-order valence-electron chi connectivity index (χ3n) is 5.34. The van der Waals surface area contributed by atoms with Crippen LogP contribution in [0.25, 0.3) is 21.1 Å². The number of halogens is 1. The summed E-state index contributed by atoms with van der Waals surface area (Å²) in [5.74, 6) is -0.641. The fraction of sp³-hybridized carbons (Fsp3) is 0.238. The summed E-state index contributed by atoms with van der Waals surface area (Å²) in [5.41, 5.74) is 5.17. The van der Waals surface area contributed by atoms with Crippen LogP contribution in [0, 0.1) is 6.92 Å². The topological polar surface area (TPSA) is 58.2 Å². The van der Waals surface area contributed by atoms with Crippen molar-refractivity contribution in [3.8, 4) is 0 Å². The molecular formula is C21H18ClN3O2S. The number of H-pyrrole nitrogens is 1. The number of hydrogen-bond donors (Lipinski definition) is 1. The predicted molar refractivity (Wildman–Crippen MR) is 113 cm³/mol. The molecule has 28 heavy (non-hydrogen) atoms. The molecule has 0 fully saturated rings. The number of ether oxygens (including phenoxy) is 1. The molecule has 4 aromatic rings. The molecular weight excluding hydrogens is 394 g/mol. The fourth-order valence-corrected chi connectivity index (χ4v) is 5.24. The lowest BCUT2D eigenvalue weighted by molar-refractivity contribution is -0.142. The lowest BCUT2D eigenvalue weighted by atomic mass is 9.92. The third-order valence-corrected chi connectivity index (χ3v) is 6.84. The van der Waals surface area contributed by atoms with Crippen LogP contribution < -0.4 is 4.90 Å². The van der Waals surface area contributed by atoms with E-state index in [1.54, 1.807) is 11.3 Å². The van der Waals surface area contributed by atoms with E-state index in [0.717, 1.165) is 32.8 Å². The van der Waals surface area contributed by atoms with Gasteiger partial charge in [-0.2, -0.15) is 0 Å². The molecule has 2 aromatic heterocycles. The lowest BCUT2D eigenvalue weighted by Crippen LogP contribution is -2.37. The van der Waals surface area contributed by atoms with E-state index in [4.69, 9.17) is 21.3 Å². The molecule has 0 spiro atoms. The van der Waals surface area contributed by atoms with E-state index < -0.39 is 5.92 Å². The Kier molecular flexibility index (Phi) is 4.07. The minimum Gasteiger partial charge on any atom is -0.468 e. The van der Waals surface area contributed by atoms with Crippen LogP contribution in [-0.2, 0) is 16.1 Å². The van der Waals surface area contributed by atoms with Gasteiger partial charge in [-0.25, -0.2) is 4.98 Å². The molecule has 1 aliphatic rings. The maximum Gasteiger partial charge on any atom is 0.315 e. The van der Waals surface area contributed by atoms with Crippen LogP contribution in [0.5, 0.6) is 0 Å². The number of anilines is 1. The quantitative estimate of drug-likeness (QED) is 0.471. The number of esters is 1. The number of carbonyl (C=O) groups excluding carboxylic acids is 1. The monoisotopic (exact) mass is 411 g/mol. The number of aryl methyl sites for hydroxylation is 1. The Labute approximate surface area is 170 Å². The highest BCUT2D eigenvalue weighted by Crippen LogP contribution is 2.40. The first-order valence-electron chi connectivity index (χ1n) is 9.04. The van der Waals surface area contributed by atoms with Gasteiger partial charge in [0.15, 0.2) is 5.13 Å². The average Bonchev–Trinajstić information content (AvgIpc) is 3.28. The van der Waals surface area contributed by atoms with Gasteiger partial charge >= 0.3 is 5.97 Å². The summed E-state index contributed by atoms with van der Waals surface area (Å²) >= 11 is 7.88. The molecule has 5 rings (SSSR count). The minimum absolute atomic E-state index is 0.246. The van der Waals surface area contributed by atoms with Crippen molar-refractivity contribution in [1.82, 2.24) is 9.97 Å². The van der Waals surface area contributed by atoms with Gasteiger partial charge in [0.05, 0.1) is 23.9 Å². The van der Waals surface area contributed by atoms with Crippen molar-refractivity contribution in [1.29, 1.82) is 0 Å². The number of rotatable bonds is 2. The molecule has 7 heteroatoms. The highest BCUT2D eigenvalue weighted by Gasteiger charge is 2.35. The smallest absolute Gasteiger partial charge is 0.315 e. The van der Waals surface area contributed by atoms with Crippen LogP contribution in [-0.4, -0.2) is 29.6 Å². The van der Waals surface area contributed by atoms with Gasteiger partial charge in [-0.3, -0.25) is 4.79 Å². The lowest BCUT2D eigenvalue weighted by Gasteiger charge is -2.31. The van der Waals surface area contributed by atoms with Gasteiger partial charge in [-0.05, 0) is 42.3 Å². The number of carbonyl (C=O) groups is 1. The zero-order valence-electron chi connectivity index (χ0n) is 15.5. The number of benzene rings is 2. The first-order chi connectivity index (χ1) is 13.5. The molecule has 0 radical (unpaired) electrons. The second-order valence-electron chi connectivity index (χ2n) is 7.08. The van der Waals surface area contributed by atoms with E-state index in [2.05, 4.69) is 22.9 Å². The zero-order valence-corrected chi connectivity index (χ0v) is 17.0. The summed E-state index contributed by atoms with van der Waals surface area (Å²) in [4.78, 5) is 23.1. The van der Waals surface area contributed by atoms with Crippen molar-refractivity contribution in [3.63, 3.8) is 0 Å². The standard InChI is InChI=1S/C21H18ClN3O2S/c1-11-4-3-5-16-19(11)28-21(24-16)25-9-14(20(26)27-2)18-13-8-12(22)6-7-15(13)23-17(18)10-25/h3-8,14,23H,9-10H2,1-2H3. The Bertz CT molecular complexity index is 1230. The molecule has 5 nitrogen and oxygen atoms in total. The molecule has 0 saturated heterocycles. The highest BCUT2D eigenvalue weighted by atomic mass is 35.5. The Morgan fingerprint density at radius 2 is 2.21 bits per heavy atom. The van der Waals surface area contributed by atoms with Crippen molar-refractivity contribution in [2.75, 3.05) is 18.6 Å². The van der Waals surface area contributed by atoms with Gasteiger partial charge < -0.3 is 14.6 Å². The molecule has 0 saturated carbocycles. The minimum atomic E-state index is -0.394. The van der Waals surface area contributed by atoms with E-state index in [-0.39, 0.29) is 5.97 Å². The van der Waals surface area contributed by atoms with E-state index in [1.807, 2.05) is 30.3 Å². The van der Waals surface area contributed by atoms with Gasteiger partial charge in [0.25, 0.3) is 0 Å². The summed E-state index contributed by atoms with van der Waals surface area (Å²) in [7, 11) is 1.43. The molecule has 142 valence electrons. The largest absolute Gasteiger partial charge is 0.468 e. The summed E-state index contributed by atoms with van der Waals surface area (Å²) in [6.07, 6.45) is 0. The summed E-state index contributed by atoms with van der Waals surface area (Å²) in [5, 5.41) is 2.56. The van der Waals surface area contributed by atoms with Gasteiger partial charge in [-0.1, -0.05) is 35.1 Å². The first kappa shape index (κ1) is 17.5. The van der Waals surface area contributed by atoms with Crippen LogP contribution in [0.1, 0.15) is 22.7 Å². The summed E-state index contributed by atoms with van der Waals surface area (Å²) in [6.45, 7) is 3.28. The second-order valence-corrected chi connectivity index (χ2v) is 8.50. The molecule has 2 aromatic carbocycles. The maximum absolute atomic E-state index is 12.6. The van der Waals surface area contributed by atoms with Crippen molar-refractivity contribution in [2.24, 2.45) is 0 Å². The number of nitrogens with zero attached hydrogens (tertiary/aromatic N) is 2. The maximum atomic E-state index is 12.6. The molecule has 1 unspecified atom stereocenters.